The molecule has 178 valence electrons. The van der Waals surface area contributed by atoms with Gasteiger partial charge in [0.1, 0.15) is 0 Å². The summed E-state index contributed by atoms with van der Waals surface area (Å²) in [6.45, 7) is 3.48. The number of hydrogen-bond donors (Lipinski definition) is 3. The van der Waals surface area contributed by atoms with Crippen LogP contribution in [0.25, 0.3) is 10.9 Å². The smallest absolute Gasteiger partial charge is 0.251 e. The Labute approximate surface area is 196 Å². The van der Waals surface area contributed by atoms with E-state index in [-0.39, 0.29) is 23.2 Å². The number of carbonyl (C=O) groups is 3. The third kappa shape index (κ3) is 5.07. The van der Waals surface area contributed by atoms with Gasteiger partial charge >= 0.3 is 0 Å². The maximum absolute atomic E-state index is 13.1. The van der Waals surface area contributed by atoms with Crippen molar-refractivity contribution in [3.8, 4) is 0 Å². The summed E-state index contributed by atoms with van der Waals surface area (Å²) in [5, 5.41) is 3.35. The van der Waals surface area contributed by atoms with Crippen molar-refractivity contribution < 1.29 is 28.6 Å². The highest BCUT2D eigenvalue weighted by molar-refractivity contribution is 6.32. The van der Waals surface area contributed by atoms with Crippen molar-refractivity contribution in [3.63, 3.8) is 0 Å². The van der Waals surface area contributed by atoms with Crippen LogP contribution in [0.2, 0.25) is 0 Å². The highest BCUT2D eigenvalue weighted by Gasteiger charge is 2.33. The first-order chi connectivity index (χ1) is 16.6. The molecule has 3 aromatic rings. The number of carbonyl (C=O) groups excluding carboxylic acids is 3. The average Bonchev–Trinajstić information content (AvgIpc) is 3.25. The number of nitrogens with two attached hydrogens (primary N) is 1. The molecule has 0 saturated carbocycles. The maximum Gasteiger partial charge on any atom is 0.251 e. The fraction of sp³-hybridized carbons (Fsp3) is 0.320. The van der Waals surface area contributed by atoms with E-state index in [0.717, 1.165) is 0 Å². The summed E-state index contributed by atoms with van der Waals surface area (Å²) in [4.78, 5) is 41.6. The Morgan fingerprint density at radius 3 is 2.21 bits per heavy atom. The van der Waals surface area contributed by atoms with Crippen molar-refractivity contribution in [3.05, 3.63) is 70.4 Å². The van der Waals surface area contributed by atoms with E-state index in [0.29, 0.717) is 85.9 Å². The fourth-order valence-corrected chi connectivity index (χ4v) is 3.85. The molecule has 1 aliphatic rings. The van der Waals surface area contributed by atoms with Crippen LogP contribution in [0.5, 0.6) is 0 Å². The van der Waals surface area contributed by atoms with E-state index in [4.69, 9.17) is 19.9 Å². The molecule has 9 nitrogen and oxygen atoms in total. The van der Waals surface area contributed by atoms with Gasteiger partial charge in [-0.3, -0.25) is 14.4 Å². The van der Waals surface area contributed by atoms with Crippen molar-refractivity contribution in [2.45, 2.75) is 0 Å². The largest absolute Gasteiger partial charge is 0.378 e. The zero-order valence-electron chi connectivity index (χ0n) is 18.7. The molecule has 1 heterocycles. The lowest BCUT2D eigenvalue weighted by atomic mass is 9.87. The predicted molar refractivity (Wildman–Crippen MR) is 125 cm³/mol. The number of nitrogens with one attached hydrogen (secondary N) is 2. The average molecular weight is 466 g/mol. The van der Waals surface area contributed by atoms with Gasteiger partial charge in [0.05, 0.1) is 50.9 Å². The lowest BCUT2D eigenvalue weighted by Crippen LogP contribution is -2.27. The zero-order chi connectivity index (χ0) is 23.9. The summed E-state index contributed by atoms with van der Waals surface area (Å²) >= 11 is 0. The summed E-state index contributed by atoms with van der Waals surface area (Å²) < 4.78 is 16.0. The monoisotopic (exact) mass is 465 g/mol. The van der Waals surface area contributed by atoms with Gasteiger partial charge in [0.2, 0.25) is 5.78 Å². The van der Waals surface area contributed by atoms with Crippen LogP contribution >= 0.6 is 0 Å². The molecule has 0 atom stereocenters. The van der Waals surface area contributed by atoms with Gasteiger partial charge in [0, 0.05) is 40.7 Å². The standard InChI is InChI=1S/C25H27N3O6/c26-7-9-32-11-13-34-14-12-33-10-8-27-25(31)16-5-6-20-19(15-16)21-22(28-20)24(30)18-4-2-1-3-17(18)23(21)29/h1-6,15,28H,7-14,26H2,(H,27,31). The van der Waals surface area contributed by atoms with E-state index in [2.05, 4.69) is 10.3 Å². The number of aromatic amines is 1. The van der Waals surface area contributed by atoms with Gasteiger partial charge in [0.15, 0.2) is 5.78 Å². The zero-order valence-corrected chi connectivity index (χ0v) is 18.7. The molecular formula is C25H27N3O6. The molecule has 4 N–H and O–H groups in total. The van der Waals surface area contributed by atoms with Gasteiger partial charge in [-0.25, -0.2) is 0 Å². The number of benzene rings is 2. The number of amides is 1. The second-order valence-electron chi connectivity index (χ2n) is 7.72. The Morgan fingerprint density at radius 2 is 1.50 bits per heavy atom. The molecule has 34 heavy (non-hydrogen) atoms. The first kappa shape index (κ1) is 23.8. The van der Waals surface area contributed by atoms with Gasteiger partial charge in [-0.05, 0) is 18.2 Å². The predicted octanol–water partition coefficient (Wildman–Crippen LogP) is 1.68. The lowest BCUT2D eigenvalue weighted by molar-refractivity contribution is 0.0166. The minimum absolute atomic E-state index is 0.225. The fourth-order valence-electron chi connectivity index (χ4n) is 3.85. The Hall–Kier alpha value is -3.37. The second kappa shape index (κ2) is 11.2. The first-order valence-corrected chi connectivity index (χ1v) is 11.2. The maximum atomic E-state index is 13.1. The number of fused-ring (bicyclic) bond motifs is 4. The highest BCUT2D eigenvalue weighted by atomic mass is 16.5. The topological polar surface area (TPSA) is 133 Å². The van der Waals surface area contributed by atoms with Crippen molar-refractivity contribution in [2.24, 2.45) is 5.73 Å². The summed E-state index contributed by atoms with van der Waals surface area (Å²) in [7, 11) is 0. The van der Waals surface area contributed by atoms with Crippen molar-refractivity contribution in [2.75, 3.05) is 52.7 Å². The molecule has 0 radical (unpaired) electrons. The molecule has 9 heteroatoms. The van der Waals surface area contributed by atoms with Crippen molar-refractivity contribution in [1.82, 2.24) is 10.3 Å². The van der Waals surface area contributed by atoms with E-state index in [1.165, 1.54) is 0 Å². The Morgan fingerprint density at radius 1 is 0.853 bits per heavy atom. The number of H-pyrrole nitrogens is 1. The summed E-state index contributed by atoms with van der Waals surface area (Å²) in [5.74, 6) is -0.740. The van der Waals surface area contributed by atoms with Crippen LogP contribution in [0.3, 0.4) is 0 Å². The molecule has 0 aliphatic heterocycles. The second-order valence-corrected chi connectivity index (χ2v) is 7.72. The summed E-state index contributed by atoms with van der Waals surface area (Å²) in [5.41, 5.74) is 7.69. The van der Waals surface area contributed by atoms with E-state index in [1.807, 2.05) is 0 Å². The van der Waals surface area contributed by atoms with Crippen molar-refractivity contribution >= 4 is 28.4 Å². The SMILES string of the molecule is NCCOCCOCCOCCNC(=O)c1ccc2[nH]c3c(c2c1)C(=O)c1ccccc1C3=O. The normalized spacial score (nSPS) is 12.6. The quantitative estimate of drug-likeness (QED) is 0.271. The number of rotatable bonds is 12. The van der Waals surface area contributed by atoms with Gasteiger partial charge < -0.3 is 30.2 Å². The minimum Gasteiger partial charge on any atom is -0.378 e. The minimum atomic E-state index is -0.288. The molecule has 4 rings (SSSR count). The Kier molecular flexibility index (Phi) is 7.81. The van der Waals surface area contributed by atoms with Crippen LogP contribution in [0, 0.1) is 0 Å². The molecule has 1 amide bonds. The highest BCUT2D eigenvalue weighted by Crippen LogP contribution is 2.33. The van der Waals surface area contributed by atoms with Crippen LogP contribution in [-0.2, 0) is 14.2 Å². The van der Waals surface area contributed by atoms with Crippen LogP contribution in [0.15, 0.2) is 42.5 Å². The molecule has 0 unspecified atom stereocenters. The Balaban J connectivity index is 1.31. The first-order valence-electron chi connectivity index (χ1n) is 11.2. The molecule has 0 bridgehead atoms. The van der Waals surface area contributed by atoms with E-state index >= 15 is 0 Å². The van der Waals surface area contributed by atoms with E-state index < -0.39 is 0 Å². The molecular weight excluding hydrogens is 438 g/mol. The van der Waals surface area contributed by atoms with Gasteiger partial charge in [-0.15, -0.1) is 0 Å². The van der Waals surface area contributed by atoms with Gasteiger partial charge in [-0.1, -0.05) is 24.3 Å². The molecule has 1 aliphatic carbocycles. The van der Waals surface area contributed by atoms with Crippen molar-refractivity contribution in [1.29, 1.82) is 0 Å². The molecule has 0 fully saturated rings. The van der Waals surface area contributed by atoms with Crippen LogP contribution in [0.1, 0.15) is 42.3 Å². The van der Waals surface area contributed by atoms with Gasteiger partial charge in [0.25, 0.3) is 5.91 Å². The molecule has 2 aromatic carbocycles. The van der Waals surface area contributed by atoms with Crippen LogP contribution in [-0.4, -0.2) is 75.2 Å². The number of hydrogen-bond acceptors (Lipinski definition) is 7. The molecule has 0 saturated heterocycles. The van der Waals surface area contributed by atoms with Crippen LogP contribution in [0.4, 0.5) is 0 Å². The third-order valence-corrected chi connectivity index (χ3v) is 5.47. The Bertz CT molecular complexity index is 1200. The lowest BCUT2D eigenvalue weighted by Gasteiger charge is -2.14. The molecule has 1 aromatic heterocycles. The third-order valence-electron chi connectivity index (χ3n) is 5.47. The van der Waals surface area contributed by atoms with E-state index in [9.17, 15) is 14.4 Å². The van der Waals surface area contributed by atoms with Crippen LogP contribution < -0.4 is 11.1 Å². The number of ketones is 2. The molecule has 0 spiro atoms. The van der Waals surface area contributed by atoms with E-state index in [1.54, 1.807) is 42.5 Å². The summed E-state index contributed by atoms with van der Waals surface area (Å²) in [6, 6.07) is 11.8. The van der Waals surface area contributed by atoms with Gasteiger partial charge in [-0.2, -0.15) is 0 Å². The number of aromatic nitrogens is 1. The summed E-state index contributed by atoms with van der Waals surface area (Å²) in [6.07, 6.45) is 0. The number of ether oxygens (including phenoxy) is 3.